The number of benzene rings is 1. The van der Waals surface area contributed by atoms with E-state index in [1.807, 2.05) is 12.1 Å². The monoisotopic (exact) mass is 232 g/mol. The van der Waals surface area contributed by atoms with Gasteiger partial charge in [-0.1, -0.05) is 32.9 Å². The molecule has 0 aliphatic heterocycles. The largest absolute Gasteiger partial charge is 0.440 e. The van der Waals surface area contributed by atoms with Crippen molar-refractivity contribution in [2.75, 3.05) is 6.54 Å². The second kappa shape index (κ2) is 4.49. The second-order valence-corrected chi connectivity index (χ2v) is 5.40. The lowest BCUT2D eigenvalue weighted by molar-refractivity contribution is 0.505. The molecule has 3 nitrogen and oxygen atoms in total. The molecule has 0 bridgehead atoms. The van der Waals surface area contributed by atoms with Gasteiger partial charge in [-0.15, -0.1) is 0 Å². The van der Waals surface area contributed by atoms with E-state index in [-0.39, 0.29) is 5.41 Å². The molecule has 0 saturated heterocycles. The predicted octanol–water partition coefficient (Wildman–Crippen LogP) is 3.02. The van der Waals surface area contributed by atoms with Gasteiger partial charge in [-0.2, -0.15) is 0 Å². The quantitative estimate of drug-likeness (QED) is 0.885. The number of hydrogen-bond acceptors (Lipinski definition) is 3. The molecule has 1 aromatic carbocycles. The summed E-state index contributed by atoms with van der Waals surface area (Å²) < 4.78 is 5.86. The van der Waals surface area contributed by atoms with Crippen LogP contribution in [0.1, 0.15) is 38.6 Å². The number of fused-ring (bicyclic) bond motifs is 1. The number of rotatable bonds is 3. The summed E-state index contributed by atoms with van der Waals surface area (Å²) in [5, 5.41) is 0. The van der Waals surface area contributed by atoms with Crippen LogP contribution < -0.4 is 5.73 Å². The fourth-order valence-corrected chi connectivity index (χ4v) is 1.95. The van der Waals surface area contributed by atoms with E-state index < -0.39 is 0 Å². The SMILES string of the molecule is CC(C)(C)c1cccc2nc(CCCN)oc12. The first-order valence-corrected chi connectivity index (χ1v) is 6.11. The molecule has 0 aliphatic carbocycles. The Morgan fingerprint density at radius 2 is 2.06 bits per heavy atom. The van der Waals surface area contributed by atoms with Crippen LogP contribution in [0.2, 0.25) is 0 Å². The maximum atomic E-state index is 5.86. The van der Waals surface area contributed by atoms with Gasteiger partial charge in [0.05, 0.1) is 0 Å². The number of para-hydroxylation sites is 1. The predicted molar refractivity (Wildman–Crippen MR) is 70.1 cm³/mol. The topological polar surface area (TPSA) is 52.0 Å². The average molecular weight is 232 g/mol. The third-order valence-corrected chi connectivity index (χ3v) is 2.86. The Kier molecular flexibility index (Phi) is 3.20. The second-order valence-electron chi connectivity index (χ2n) is 5.40. The van der Waals surface area contributed by atoms with Crippen LogP contribution in [-0.2, 0) is 11.8 Å². The van der Waals surface area contributed by atoms with Gasteiger partial charge in [0, 0.05) is 12.0 Å². The van der Waals surface area contributed by atoms with Crippen molar-refractivity contribution in [1.29, 1.82) is 0 Å². The van der Waals surface area contributed by atoms with E-state index in [1.54, 1.807) is 0 Å². The molecular formula is C14H20N2O. The molecule has 0 unspecified atom stereocenters. The lowest BCUT2D eigenvalue weighted by Crippen LogP contribution is -2.10. The molecule has 2 N–H and O–H groups in total. The first-order valence-electron chi connectivity index (χ1n) is 6.11. The maximum absolute atomic E-state index is 5.86. The molecule has 2 aromatic rings. The van der Waals surface area contributed by atoms with Gasteiger partial charge in [0.25, 0.3) is 0 Å². The van der Waals surface area contributed by atoms with Crippen LogP contribution in [-0.4, -0.2) is 11.5 Å². The van der Waals surface area contributed by atoms with Crippen molar-refractivity contribution in [3.8, 4) is 0 Å². The van der Waals surface area contributed by atoms with Gasteiger partial charge in [0.1, 0.15) is 5.52 Å². The van der Waals surface area contributed by atoms with Crippen LogP contribution in [0.5, 0.6) is 0 Å². The van der Waals surface area contributed by atoms with Crippen LogP contribution in [0.15, 0.2) is 22.6 Å². The average Bonchev–Trinajstić information content (AvgIpc) is 2.66. The van der Waals surface area contributed by atoms with Gasteiger partial charge in [-0.05, 0) is 24.4 Å². The highest BCUT2D eigenvalue weighted by Crippen LogP contribution is 2.30. The molecule has 3 heteroatoms. The molecule has 0 radical (unpaired) electrons. The lowest BCUT2D eigenvalue weighted by atomic mass is 9.86. The van der Waals surface area contributed by atoms with E-state index in [2.05, 4.69) is 31.8 Å². The van der Waals surface area contributed by atoms with Crippen molar-refractivity contribution in [1.82, 2.24) is 4.98 Å². The summed E-state index contributed by atoms with van der Waals surface area (Å²) in [6, 6.07) is 6.15. The number of nitrogens with zero attached hydrogens (tertiary/aromatic N) is 1. The summed E-state index contributed by atoms with van der Waals surface area (Å²) in [5.41, 5.74) is 8.66. The smallest absolute Gasteiger partial charge is 0.195 e. The number of hydrogen-bond donors (Lipinski definition) is 1. The van der Waals surface area contributed by atoms with Crippen LogP contribution in [0.4, 0.5) is 0 Å². The molecule has 17 heavy (non-hydrogen) atoms. The van der Waals surface area contributed by atoms with E-state index in [1.165, 1.54) is 5.56 Å². The van der Waals surface area contributed by atoms with E-state index in [9.17, 15) is 0 Å². The van der Waals surface area contributed by atoms with Crippen molar-refractivity contribution in [2.24, 2.45) is 5.73 Å². The summed E-state index contributed by atoms with van der Waals surface area (Å²) in [7, 11) is 0. The minimum absolute atomic E-state index is 0.0736. The van der Waals surface area contributed by atoms with E-state index in [4.69, 9.17) is 10.2 Å². The molecule has 0 saturated carbocycles. The lowest BCUT2D eigenvalue weighted by Gasteiger charge is -2.18. The molecule has 92 valence electrons. The standard InChI is InChI=1S/C14H20N2O/c1-14(2,3)10-6-4-7-11-13(10)17-12(16-11)8-5-9-15/h4,6-7H,5,8-9,15H2,1-3H3. The zero-order valence-electron chi connectivity index (χ0n) is 10.8. The zero-order valence-corrected chi connectivity index (χ0v) is 10.8. The summed E-state index contributed by atoms with van der Waals surface area (Å²) in [5.74, 6) is 0.794. The van der Waals surface area contributed by atoms with Crippen LogP contribution in [0.3, 0.4) is 0 Å². The maximum Gasteiger partial charge on any atom is 0.195 e. The van der Waals surface area contributed by atoms with Crippen molar-refractivity contribution in [2.45, 2.75) is 39.0 Å². The van der Waals surface area contributed by atoms with Crippen molar-refractivity contribution < 1.29 is 4.42 Å². The molecule has 0 spiro atoms. The van der Waals surface area contributed by atoms with E-state index in [0.29, 0.717) is 6.54 Å². The fraction of sp³-hybridized carbons (Fsp3) is 0.500. The Labute approximate surface area is 102 Å². The zero-order chi connectivity index (χ0) is 12.5. The highest BCUT2D eigenvalue weighted by atomic mass is 16.3. The van der Waals surface area contributed by atoms with Gasteiger partial charge in [0.2, 0.25) is 0 Å². The van der Waals surface area contributed by atoms with Crippen molar-refractivity contribution >= 4 is 11.1 Å². The van der Waals surface area contributed by atoms with E-state index in [0.717, 1.165) is 29.8 Å². The van der Waals surface area contributed by atoms with Crippen LogP contribution >= 0.6 is 0 Å². The van der Waals surface area contributed by atoms with Crippen molar-refractivity contribution in [3.63, 3.8) is 0 Å². The summed E-state index contributed by atoms with van der Waals surface area (Å²) in [4.78, 5) is 4.50. The van der Waals surface area contributed by atoms with Gasteiger partial charge in [-0.3, -0.25) is 0 Å². The van der Waals surface area contributed by atoms with Gasteiger partial charge >= 0.3 is 0 Å². The molecule has 0 atom stereocenters. The molecule has 0 aliphatic rings. The van der Waals surface area contributed by atoms with E-state index >= 15 is 0 Å². The number of aromatic nitrogens is 1. The molecule has 0 amide bonds. The fourth-order valence-electron chi connectivity index (χ4n) is 1.95. The summed E-state index contributed by atoms with van der Waals surface area (Å²) in [6.07, 6.45) is 1.73. The summed E-state index contributed by atoms with van der Waals surface area (Å²) >= 11 is 0. The number of nitrogens with two attached hydrogens (primary N) is 1. The normalized spacial score (nSPS) is 12.2. The Bertz CT molecular complexity index is 508. The Balaban J connectivity index is 2.46. The third kappa shape index (κ3) is 2.50. The Hall–Kier alpha value is -1.35. The minimum Gasteiger partial charge on any atom is -0.440 e. The molecule has 2 rings (SSSR count). The molecular weight excluding hydrogens is 212 g/mol. The van der Waals surface area contributed by atoms with Gasteiger partial charge < -0.3 is 10.2 Å². The third-order valence-electron chi connectivity index (χ3n) is 2.86. The van der Waals surface area contributed by atoms with Crippen LogP contribution in [0.25, 0.3) is 11.1 Å². The Morgan fingerprint density at radius 3 is 2.71 bits per heavy atom. The minimum atomic E-state index is 0.0736. The number of aryl methyl sites for hydroxylation is 1. The summed E-state index contributed by atoms with van der Waals surface area (Å²) in [6.45, 7) is 7.22. The first-order chi connectivity index (χ1) is 8.02. The van der Waals surface area contributed by atoms with Crippen LogP contribution in [0, 0.1) is 0 Å². The highest BCUT2D eigenvalue weighted by molar-refractivity contribution is 5.77. The first kappa shape index (κ1) is 12.1. The van der Waals surface area contributed by atoms with Gasteiger partial charge in [-0.25, -0.2) is 4.98 Å². The Morgan fingerprint density at radius 1 is 1.29 bits per heavy atom. The molecule has 1 aromatic heterocycles. The molecule has 0 fully saturated rings. The molecule has 1 heterocycles. The number of oxazole rings is 1. The van der Waals surface area contributed by atoms with Crippen molar-refractivity contribution in [3.05, 3.63) is 29.7 Å². The van der Waals surface area contributed by atoms with Gasteiger partial charge in [0.15, 0.2) is 11.5 Å². The highest BCUT2D eigenvalue weighted by Gasteiger charge is 2.20.